The molecule has 2 aliphatic rings. The minimum atomic E-state index is -0.257. The number of fused-ring (bicyclic) bond motifs is 1. The highest BCUT2D eigenvalue weighted by Crippen LogP contribution is 2.38. The number of para-hydroxylation sites is 2. The van der Waals surface area contributed by atoms with Gasteiger partial charge in [-0.15, -0.1) is 11.8 Å². The molecule has 1 aromatic heterocycles. The Morgan fingerprint density at radius 3 is 3.04 bits per heavy atom. The number of carbonyl (C=O) groups is 1. The molecular formula is C19H19N7OS. The first-order valence-electron chi connectivity index (χ1n) is 8.94. The van der Waals surface area contributed by atoms with Crippen LogP contribution in [-0.2, 0) is 4.79 Å². The molecule has 2 aliphatic heterocycles. The van der Waals surface area contributed by atoms with Gasteiger partial charge in [0.15, 0.2) is 0 Å². The number of rotatable bonds is 4. The molecule has 3 N–H and O–H groups in total. The van der Waals surface area contributed by atoms with Crippen molar-refractivity contribution >= 4 is 40.6 Å². The zero-order chi connectivity index (χ0) is 19.5. The predicted molar refractivity (Wildman–Crippen MR) is 111 cm³/mol. The Labute approximate surface area is 167 Å². The molecule has 0 bridgehead atoms. The second kappa shape index (κ2) is 7.88. The lowest BCUT2D eigenvalue weighted by atomic mass is 10.2. The van der Waals surface area contributed by atoms with Gasteiger partial charge in [0.1, 0.15) is 17.5 Å². The van der Waals surface area contributed by atoms with E-state index in [-0.39, 0.29) is 17.9 Å². The number of thioether (sulfide) groups is 1. The van der Waals surface area contributed by atoms with Crippen LogP contribution in [0.3, 0.4) is 0 Å². The number of aromatic nitrogens is 2. The molecule has 3 heterocycles. The van der Waals surface area contributed by atoms with Crippen molar-refractivity contribution in [2.75, 3.05) is 33.7 Å². The summed E-state index contributed by atoms with van der Waals surface area (Å²) >= 11 is 1.67. The molecule has 142 valence electrons. The summed E-state index contributed by atoms with van der Waals surface area (Å²) in [4.78, 5) is 22.9. The molecule has 2 aromatic rings. The van der Waals surface area contributed by atoms with E-state index in [0.717, 1.165) is 17.3 Å². The summed E-state index contributed by atoms with van der Waals surface area (Å²) < 4.78 is 0. The molecule has 0 saturated carbocycles. The number of carbonyl (C=O) groups excluding carboxylic acids is 1. The van der Waals surface area contributed by atoms with Crippen LogP contribution in [0.1, 0.15) is 12.6 Å². The van der Waals surface area contributed by atoms with Crippen molar-refractivity contribution in [1.82, 2.24) is 15.3 Å². The van der Waals surface area contributed by atoms with E-state index in [2.05, 4.69) is 32.0 Å². The van der Waals surface area contributed by atoms with Gasteiger partial charge in [-0.2, -0.15) is 5.26 Å². The lowest BCUT2D eigenvalue weighted by Gasteiger charge is -2.19. The Hall–Kier alpha value is -3.09. The molecule has 0 spiro atoms. The van der Waals surface area contributed by atoms with Crippen molar-refractivity contribution < 1.29 is 4.79 Å². The molecule has 0 unspecified atom stereocenters. The van der Waals surface area contributed by atoms with Crippen LogP contribution in [0.15, 0.2) is 42.3 Å². The molecule has 9 heteroatoms. The fraction of sp³-hybridized carbons (Fsp3) is 0.263. The van der Waals surface area contributed by atoms with E-state index in [1.807, 2.05) is 36.1 Å². The van der Waals surface area contributed by atoms with Crippen LogP contribution in [0.2, 0.25) is 0 Å². The number of amides is 1. The normalized spacial score (nSPS) is 19.6. The third kappa shape index (κ3) is 3.40. The molecule has 8 nitrogen and oxygen atoms in total. The smallest absolute Gasteiger partial charge is 0.244 e. The van der Waals surface area contributed by atoms with Crippen LogP contribution in [0.25, 0.3) is 5.57 Å². The Morgan fingerprint density at radius 2 is 2.29 bits per heavy atom. The summed E-state index contributed by atoms with van der Waals surface area (Å²) in [6.45, 7) is 2.72. The van der Waals surface area contributed by atoms with Crippen molar-refractivity contribution in [3.05, 3.63) is 48.0 Å². The Kier molecular flexibility index (Phi) is 5.14. The maximum absolute atomic E-state index is 12.3. The largest absolute Gasteiger partial charge is 0.339 e. The average molecular weight is 393 g/mol. The number of nitriles is 1. The van der Waals surface area contributed by atoms with E-state index >= 15 is 0 Å². The fourth-order valence-corrected chi connectivity index (χ4v) is 4.15. The van der Waals surface area contributed by atoms with Crippen molar-refractivity contribution in [2.24, 2.45) is 0 Å². The molecule has 1 fully saturated rings. The van der Waals surface area contributed by atoms with Crippen molar-refractivity contribution in [3.63, 3.8) is 0 Å². The van der Waals surface area contributed by atoms with Crippen LogP contribution in [0.5, 0.6) is 0 Å². The maximum Gasteiger partial charge on any atom is 0.244 e. The van der Waals surface area contributed by atoms with Gasteiger partial charge in [0.05, 0.1) is 23.1 Å². The topological polar surface area (TPSA) is 106 Å². The van der Waals surface area contributed by atoms with Crippen LogP contribution in [0, 0.1) is 11.3 Å². The van der Waals surface area contributed by atoms with Gasteiger partial charge in [-0.3, -0.25) is 15.4 Å². The van der Waals surface area contributed by atoms with Gasteiger partial charge < -0.3 is 10.2 Å². The quantitative estimate of drug-likeness (QED) is 0.679. The van der Waals surface area contributed by atoms with E-state index in [1.165, 1.54) is 0 Å². The third-order valence-corrected chi connectivity index (χ3v) is 5.50. The van der Waals surface area contributed by atoms with Crippen LogP contribution < -0.4 is 20.9 Å². The summed E-state index contributed by atoms with van der Waals surface area (Å²) in [7, 11) is 0. The zero-order valence-corrected chi connectivity index (χ0v) is 16.1. The predicted octanol–water partition coefficient (Wildman–Crippen LogP) is 2.22. The monoisotopic (exact) mass is 393 g/mol. The zero-order valence-electron chi connectivity index (χ0n) is 15.3. The van der Waals surface area contributed by atoms with Gasteiger partial charge in [-0.05, 0) is 25.1 Å². The molecule has 1 saturated heterocycles. The summed E-state index contributed by atoms with van der Waals surface area (Å²) in [5, 5.41) is 19.0. The summed E-state index contributed by atoms with van der Waals surface area (Å²) in [6.07, 6.45) is 1.55. The number of benzene rings is 1. The molecule has 0 radical (unpaired) electrons. The molecule has 4 rings (SSSR count). The maximum atomic E-state index is 12.3. The highest BCUT2D eigenvalue weighted by Gasteiger charge is 2.27. The lowest BCUT2D eigenvalue weighted by molar-refractivity contribution is -0.117. The third-order valence-electron chi connectivity index (χ3n) is 4.56. The van der Waals surface area contributed by atoms with Crippen LogP contribution >= 0.6 is 11.8 Å². The van der Waals surface area contributed by atoms with Crippen LogP contribution in [-0.4, -0.2) is 40.1 Å². The van der Waals surface area contributed by atoms with Crippen molar-refractivity contribution in [1.29, 1.82) is 5.26 Å². The first-order chi connectivity index (χ1) is 13.7. The summed E-state index contributed by atoms with van der Waals surface area (Å²) in [5.41, 5.74) is 2.81. The first-order valence-corrected chi connectivity index (χ1v) is 10.1. The van der Waals surface area contributed by atoms with E-state index in [0.29, 0.717) is 29.4 Å². The number of anilines is 3. The highest BCUT2D eigenvalue weighted by molar-refractivity contribution is 7.99. The van der Waals surface area contributed by atoms with E-state index in [1.54, 1.807) is 24.0 Å². The number of nitrogens with one attached hydrogen (secondary N) is 3. The van der Waals surface area contributed by atoms with Crippen molar-refractivity contribution in [3.8, 4) is 6.07 Å². The second-order valence-corrected chi connectivity index (χ2v) is 7.28. The second-order valence-electron chi connectivity index (χ2n) is 6.25. The number of hydrogen-bond acceptors (Lipinski definition) is 8. The van der Waals surface area contributed by atoms with Crippen molar-refractivity contribution in [2.45, 2.75) is 13.0 Å². The molecule has 28 heavy (non-hydrogen) atoms. The highest BCUT2D eigenvalue weighted by atomic mass is 32.2. The lowest BCUT2D eigenvalue weighted by Crippen LogP contribution is -2.37. The molecule has 0 aliphatic carbocycles. The standard InChI is InChI=1S/C19H19N7OS/c1-2-26-16-6-4-3-5-14(16)23-17(26)12(9-20)13-7-8-21-19(24-13)25-18(27)15-10-28-11-22-15/h3-8,15,22-23H,2,10-11H2,1H3,(H,21,24,25,27)/t15-/m1/s1. The fourth-order valence-electron chi connectivity index (χ4n) is 3.21. The molecular weight excluding hydrogens is 374 g/mol. The molecule has 1 amide bonds. The SMILES string of the molecule is CCN1C(=C(C#N)c2ccnc(NC(=O)[C@H]3CSCN3)n2)Nc2ccccc21. The van der Waals surface area contributed by atoms with Gasteiger partial charge in [-0.25, -0.2) is 9.97 Å². The van der Waals surface area contributed by atoms with E-state index < -0.39 is 0 Å². The molecule has 1 aromatic carbocycles. The van der Waals surface area contributed by atoms with E-state index in [4.69, 9.17) is 0 Å². The Morgan fingerprint density at radius 1 is 1.43 bits per heavy atom. The molecule has 1 atom stereocenters. The van der Waals surface area contributed by atoms with Gasteiger partial charge in [0.25, 0.3) is 0 Å². The Bertz CT molecular complexity index is 978. The van der Waals surface area contributed by atoms with Crippen LogP contribution in [0.4, 0.5) is 17.3 Å². The number of allylic oxidation sites excluding steroid dienone is 1. The summed E-state index contributed by atoms with van der Waals surface area (Å²) in [6, 6.07) is 11.6. The van der Waals surface area contributed by atoms with E-state index in [9.17, 15) is 10.1 Å². The average Bonchev–Trinajstić information content (AvgIpc) is 3.37. The number of hydrogen-bond donors (Lipinski definition) is 3. The first kappa shape index (κ1) is 18.3. The minimum Gasteiger partial charge on any atom is -0.339 e. The number of nitrogens with zero attached hydrogens (tertiary/aromatic N) is 4. The Balaban J connectivity index is 1.65. The summed E-state index contributed by atoms with van der Waals surface area (Å²) in [5.74, 6) is 2.16. The van der Waals surface area contributed by atoms with Gasteiger partial charge >= 0.3 is 0 Å². The minimum absolute atomic E-state index is 0.171. The van der Waals surface area contributed by atoms with Gasteiger partial charge in [-0.1, -0.05) is 12.1 Å². The van der Waals surface area contributed by atoms with Gasteiger partial charge in [0, 0.05) is 24.4 Å². The van der Waals surface area contributed by atoms with Gasteiger partial charge in [0.2, 0.25) is 11.9 Å².